The smallest absolute Gasteiger partial charge is 0.257 e. The van der Waals surface area contributed by atoms with Crippen molar-refractivity contribution in [3.8, 4) is 0 Å². The number of halogens is 1. The molecule has 1 aromatic heterocycles. The third-order valence-corrected chi connectivity index (χ3v) is 8.26. The summed E-state index contributed by atoms with van der Waals surface area (Å²) < 4.78 is 5.84. The molecule has 0 saturated carbocycles. The number of morpholine rings is 1. The molecule has 0 bridgehead atoms. The molecule has 1 saturated heterocycles. The van der Waals surface area contributed by atoms with Crippen molar-refractivity contribution in [2.75, 3.05) is 18.4 Å². The Morgan fingerprint density at radius 2 is 1.82 bits per heavy atom. The average Bonchev–Trinajstić information content (AvgIpc) is 3.09. The van der Waals surface area contributed by atoms with Gasteiger partial charge < -0.3 is 15.0 Å². The van der Waals surface area contributed by atoms with E-state index in [1.165, 1.54) is 4.88 Å². The normalized spacial score (nSPS) is 23.2. The van der Waals surface area contributed by atoms with Gasteiger partial charge in [0.25, 0.3) is 11.8 Å². The maximum Gasteiger partial charge on any atom is 0.257 e. The van der Waals surface area contributed by atoms with E-state index in [-0.39, 0.29) is 29.4 Å². The van der Waals surface area contributed by atoms with Gasteiger partial charge in [-0.05, 0) is 62.1 Å². The van der Waals surface area contributed by atoms with Crippen LogP contribution in [0.3, 0.4) is 0 Å². The van der Waals surface area contributed by atoms with Gasteiger partial charge in [-0.15, -0.1) is 11.3 Å². The van der Waals surface area contributed by atoms with Crippen LogP contribution >= 0.6 is 22.9 Å². The standard InChI is InChI=1S/C26H33ClN2O3S/c1-15-13-29(14-16(2)32-15)25(31)22-19-11-10-17(26(3,4)5)12-21(19)33-24(22)28-23(30)18-8-6-7-9-20(18)27/h6-9,15-17H,10-14H2,1-5H3,(H,28,30)/t15-,16+,17-/m1/s1. The SMILES string of the molecule is C[C@@H]1CN(C(=O)c2c(NC(=O)c3ccccc3Cl)sc3c2CC[C@@H](C(C)(C)C)C3)C[C@H](C)O1. The number of nitrogens with zero attached hydrogens (tertiary/aromatic N) is 1. The van der Waals surface area contributed by atoms with Crippen LogP contribution in [-0.2, 0) is 17.6 Å². The molecule has 1 aromatic carbocycles. The first-order valence-corrected chi connectivity index (χ1v) is 12.9. The van der Waals surface area contributed by atoms with Gasteiger partial charge in [0.15, 0.2) is 0 Å². The van der Waals surface area contributed by atoms with Crippen molar-refractivity contribution in [3.63, 3.8) is 0 Å². The number of rotatable bonds is 3. The van der Waals surface area contributed by atoms with E-state index >= 15 is 0 Å². The number of fused-ring (bicyclic) bond motifs is 1. The van der Waals surface area contributed by atoms with E-state index in [4.69, 9.17) is 16.3 Å². The van der Waals surface area contributed by atoms with Crippen LogP contribution in [0.1, 0.15) is 72.2 Å². The Morgan fingerprint density at radius 3 is 2.45 bits per heavy atom. The number of ether oxygens (including phenoxy) is 1. The lowest BCUT2D eigenvalue weighted by Crippen LogP contribution is -2.48. The number of nitrogens with one attached hydrogen (secondary N) is 1. The quantitative estimate of drug-likeness (QED) is 0.571. The third kappa shape index (κ3) is 5.13. The highest BCUT2D eigenvalue weighted by Crippen LogP contribution is 2.45. The van der Waals surface area contributed by atoms with Crippen LogP contribution in [0.2, 0.25) is 5.02 Å². The van der Waals surface area contributed by atoms with Crippen LogP contribution < -0.4 is 5.32 Å². The minimum Gasteiger partial charge on any atom is -0.372 e. The highest BCUT2D eigenvalue weighted by molar-refractivity contribution is 7.17. The summed E-state index contributed by atoms with van der Waals surface area (Å²) in [7, 11) is 0. The van der Waals surface area contributed by atoms with Crippen LogP contribution in [0.5, 0.6) is 0 Å². The summed E-state index contributed by atoms with van der Waals surface area (Å²) in [5.41, 5.74) is 2.36. The maximum atomic E-state index is 13.8. The van der Waals surface area contributed by atoms with E-state index in [9.17, 15) is 9.59 Å². The Bertz CT molecular complexity index is 1050. The summed E-state index contributed by atoms with van der Waals surface area (Å²) in [5, 5.41) is 4.07. The molecule has 2 aliphatic rings. The van der Waals surface area contributed by atoms with Crippen LogP contribution in [0.4, 0.5) is 5.00 Å². The zero-order valence-corrected chi connectivity index (χ0v) is 21.6. The number of amides is 2. The lowest BCUT2D eigenvalue weighted by Gasteiger charge is -2.36. The Labute approximate surface area is 205 Å². The monoisotopic (exact) mass is 488 g/mol. The minimum absolute atomic E-state index is 0.0152. The fourth-order valence-corrected chi connectivity index (χ4v) is 6.49. The van der Waals surface area contributed by atoms with Crippen LogP contribution in [0.15, 0.2) is 24.3 Å². The van der Waals surface area contributed by atoms with Crippen molar-refractivity contribution < 1.29 is 14.3 Å². The predicted octanol–water partition coefficient (Wildman–Crippen LogP) is 6.05. The molecule has 0 radical (unpaired) electrons. The number of anilines is 1. The van der Waals surface area contributed by atoms with Crippen LogP contribution in [0.25, 0.3) is 0 Å². The first-order valence-electron chi connectivity index (χ1n) is 11.7. The molecule has 5 nitrogen and oxygen atoms in total. The fraction of sp³-hybridized carbons (Fsp3) is 0.538. The second kappa shape index (κ2) is 9.40. The van der Waals surface area contributed by atoms with E-state index in [2.05, 4.69) is 26.1 Å². The molecule has 1 fully saturated rings. The molecule has 1 aliphatic carbocycles. The predicted molar refractivity (Wildman–Crippen MR) is 135 cm³/mol. The van der Waals surface area contributed by atoms with Crippen molar-refractivity contribution in [1.29, 1.82) is 0 Å². The van der Waals surface area contributed by atoms with Crippen LogP contribution in [-0.4, -0.2) is 42.0 Å². The van der Waals surface area contributed by atoms with E-state index in [0.29, 0.717) is 40.2 Å². The summed E-state index contributed by atoms with van der Waals surface area (Å²) in [6, 6.07) is 6.99. The van der Waals surface area contributed by atoms with Gasteiger partial charge >= 0.3 is 0 Å². The van der Waals surface area contributed by atoms with Gasteiger partial charge in [0, 0.05) is 18.0 Å². The van der Waals surface area contributed by atoms with Crippen LogP contribution in [0, 0.1) is 11.3 Å². The van der Waals surface area contributed by atoms with Crippen molar-refractivity contribution >= 4 is 39.8 Å². The molecule has 4 rings (SSSR count). The van der Waals surface area contributed by atoms with Gasteiger partial charge in [-0.2, -0.15) is 0 Å². The highest BCUT2D eigenvalue weighted by Gasteiger charge is 2.36. The Hall–Kier alpha value is -1.89. The number of carbonyl (C=O) groups is 2. The fourth-order valence-electron chi connectivity index (χ4n) is 4.96. The van der Waals surface area contributed by atoms with E-state index in [1.807, 2.05) is 18.7 Å². The van der Waals surface area contributed by atoms with Crippen molar-refractivity contribution in [3.05, 3.63) is 50.9 Å². The second-order valence-electron chi connectivity index (χ2n) is 10.4. The molecule has 2 amide bonds. The van der Waals surface area contributed by atoms with Gasteiger partial charge in [-0.3, -0.25) is 9.59 Å². The number of benzene rings is 1. The van der Waals surface area contributed by atoms with E-state index in [1.54, 1.807) is 35.6 Å². The average molecular weight is 489 g/mol. The topological polar surface area (TPSA) is 58.6 Å². The van der Waals surface area contributed by atoms with Gasteiger partial charge in [-0.25, -0.2) is 0 Å². The first-order chi connectivity index (χ1) is 15.5. The number of hydrogen-bond donors (Lipinski definition) is 1. The van der Waals surface area contributed by atoms with Gasteiger partial charge in [-0.1, -0.05) is 44.5 Å². The maximum absolute atomic E-state index is 13.8. The first kappa shape index (κ1) is 24.2. The van der Waals surface area contributed by atoms with E-state index < -0.39 is 0 Å². The van der Waals surface area contributed by atoms with Crippen molar-refractivity contribution in [1.82, 2.24) is 4.90 Å². The molecule has 7 heteroatoms. The Balaban J connectivity index is 1.71. The largest absolute Gasteiger partial charge is 0.372 e. The zero-order valence-electron chi connectivity index (χ0n) is 20.0. The minimum atomic E-state index is -0.288. The second-order valence-corrected chi connectivity index (χ2v) is 11.9. The van der Waals surface area contributed by atoms with Gasteiger partial charge in [0.05, 0.1) is 28.4 Å². The molecule has 0 spiro atoms. The molecule has 1 aliphatic heterocycles. The summed E-state index contributed by atoms with van der Waals surface area (Å²) in [6.07, 6.45) is 2.80. The molecule has 2 aromatic rings. The summed E-state index contributed by atoms with van der Waals surface area (Å²) in [6.45, 7) is 11.9. The molecule has 3 atom stereocenters. The highest BCUT2D eigenvalue weighted by atomic mass is 35.5. The molecular weight excluding hydrogens is 456 g/mol. The molecule has 178 valence electrons. The van der Waals surface area contributed by atoms with Crippen molar-refractivity contribution in [2.24, 2.45) is 11.3 Å². The number of hydrogen-bond acceptors (Lipinski definition) is 4. The molecule has 2 heterocycles. The molecule has 0 unspecified atom stereocenters. The lowest BCUT2D eigenvalue weighted by molar-refractivity contribution is -0.0586. The molecule has 1 N–H and O–H groups in total. The van der Waals surface area contributed by atoms with Gasteiger partial charge in [0.2, 0.25) is 0 Å². The van der Waals surface area contributed by atoms with E-state index in [0.717, 1.165) is 24.8 Å². The number of thiophene rings is 1. The van der Waals surface area contributed by atoms with Gasteiger partial charge in [0.1, 0.15) is 5.00 Å². The summed E-state index contributed by atoms with van der Waals surface area (Å²) in [5.74, 6) is 0.240. The Kier molecular flexibility index (Phi) is 6.90. The molecule has 33 heavy (non-hydrogen) atoms. The van der Waals surface area contributed by atoms with Crippen molar-refractivity contribution in [2.45, 2.75) is 66.1 Å². The summed E-state index contributed by atoms with van der Waals surface area (Å²) >= 11 is 7.82. The number of carbonyl (C=O) groups excluding carboxylic acids is 2. The zero-order chi connectivity index (χ0) is 23.9. The lowest BCUT2D eigenvalue weighted by atomic mass is 9.72. The molecular formula is C26H33ClN2O3S. The third-order valence-electron chi connectivity index (χ3n) is 6.76. The summed E-state index contributed by atoms with van der Waals surface area (Å²) in [4.78, 5) is 30.0. The Morgan fingerprint density at radius 1 is 1.15 bits per heavy atom.